The van der Waals surface area contributed by atoms with Crippen molar-refractivity contribution in [1.29, 1.82) is 0 Å². The summed E-state index contributed by atoms with van der Waals surface area (Å²) >= 11 is 1.32. The number of hydrogen-bond acceptors (Lipinski definition) is 5. The molecular formula is C14H17NO4S2. The van der Waals surface area contributed by atoms with Crippen molar-refractivity contribution in [1.82, 2.24) is 4.31 Å². The second kappa shape index (κ2) is 5.57. The summed E-state index contributed by atoms with van der Waals surface area (Å²) in [5.74, 6) is 0.640. The Hall–Kier alpha value is -1.15. The van der Waals surface area contributed by atoms with Crippen molar-refractivity contribution in [2.24, 2.45) is 0 Å². The molecule has 5 nitrogen and oxygen atoms in total. The fourth-order valence-corrected chi connectivity index (χ4v) is 5.43. The molecule has 3 rings (SSSR count). The maximum absolute atomic E-state index is 12.9. The van der Waals surface area contributed by atoms with E-state index in [4.69, 9.17) is 4.42 Å². The van der Waals surface area contributed by atoms with Gasteiger partial charge in [0.1, 0.15) is 5.76 Å². The predicted octanol–water partition coefficient (Wildman–Crippen LogP) is 2.50. The van der Waals surface area contributed by atoms with E-state index in [0.717, 1.165) is 12.8 Å². The number of nitrogens with zero attached hydrogens (tertiary/aromatic N) is 1. The fraction of sp³-hybridized carbons (Fsp3) is 0.429. The molecule has 0 aliphatic heterocycles. The topological polar surface area (TPSA) is 70.8 Å². The van der Waals surface area contributed by atoms with E-state index in [0.29, 0.717) is 20.4 Å². The second-order valence-corrected chi connectivity index (χ2v) is 8.35. The average Bonchev–Trinajstić information content (AvgIpc) is 2.99. The Labute approximate surface area is 127 Å². The number of thiophene rings is 1. The molecule has 1 aliphatic carbocycles. The van der Waals surface area contributed by atoms with Gasteiger partial charge in [0.2, 0.25) is 10.0 Å². The molecule has 0 bridgehead atoms. The van der Waals surface area contributed by atoms with Crippen molar-refractivity contribution in [2.45, 2.75) is 43.9 Å². The van der Waals surface area contributed by atoms with Crippen LogP contribution in [0.25, 0.3) is 0 Å². The molecule has 1 saturated carbocycles. The summed E-state index contributed by atoms with van der Waals surface area (Å²) in [6.45, 7) is 1.89. The van der Waals surface area contributed by atoms with E-state index in [1.165, 1.54) is 15.6 Å². The molecular weight excluding hydrogens is 310 g/mol. The van der Waals surface area contributed by atoms with E-state index in [9.17, 15) is 13.5 Å². The summed E-state index contributed by atoms with van der Waals surface area (Å²) in [4.78, 5) is 1.68. The van der Waals surface area contributed by atoms with Crippen molar-refractivity contribution in [2.75, 3.05) is 0 Å². The van der Waals surface area contributed by atoms with Gasteiger partial charge in [-0.25, -0.2) is 8.42 Å². The molecule has 0 saturated heterocycles. The zero-order valence-electron chi connectivity index (χ0n) is 11.7. The van der Waals surface area contributed by atoms with Crippen molar-refractivity contribution in [3.05, 3.63) is 40.0 Å². The van der Waals surface area contributed by atoms with Crippen LogP contribution in [0.4, 0.5) is 0 Å². The molecule has 114 valence electrons. The summed E-state index contributed by atoms with van der Waals surface area (Å²) in [6, 6.07) is 5.17. The first-order valence-electron chi connectivity index (χ1n) is 6.77. The lowest BCUT2D eigenvalue weighted by Crippen LogP contribution is -2.32. The molecule has 7 heteroatoms. The van der Waals surface area contributed by atoms with Crippen molar-refractivity contribution < 1.29 is 17.9 Å². The molecule has 0 spiro atoms. The van der Waals surface area contributed by atoms with Crippen molar-refractivity contribution in [3.63, 3.8) is 0 Å². The first kappa shape index (κ1) is 14.8. The maximum atomic E-state index is 12.9. The highest BCUT2D eigenvalue weighted by Crippen LogP contribution is 2.36. The lowest BCUT2D eigenvalue weighted by atomic mass is 10.4. The molecule has 0 amide bonds. The Balaban J connectivity index is 1.95. The highest BCUT2D eigenvalue weighted by molar-refractivity contribution is 7.89. The van der Waals surface area contributed by atoms with Gasteiger partial charge >= 0.3 is 0 Å². The van der Waals surface area contributed by atoms with E-state index in [1.54, 1.807) is 31.4 Å². The highest BCUT2D eigenvalue weighted by Gasteiger charge is 2.39. The molecule has 2 aromatic rings. The second-order valence-electron chi connectivity index (χ2n) is 5.15. The van der Waals surface area contributed by atoms with Gasteiger partial charge in [-0.3, -0.25) is 0 Å². The molecule has 1 N–H and O–H groups in total. The maximum Gasteiger partial charge on any atom is 0.244 e. The minimum Gasteiger partial charge on any atom is -0.468 e. The van der Waals surface area contributed by atoms with Gasteiger partial charge in [-0.05, 0) is 38.0 Å². The number of sulfonamides is 1. The lowest BCUT2D eigenvalue weighted by Gasteiger charge is -2.20. The van der Waals surface area contributed by atoms with Crippen LogP contribution in [0.1, 0.15) is 28.4 Å². The zero-order valence-corrected chi connectivity index (χ0v) is 13.3. The minimum atomic E-state index is -3.56. The van der Waals surface area contributed by atoms with Gasteiger partial charge in [0.05, 0.1) is 24.3 Å². The summed E-state index contributed by atoms with van der Waals surface area (Å²) in [5.41, 5.74) is 0. The van der Waals surface area contributed by atoms with Gasteiger partial charge in [-0.2, -0.15) is 4.31 Å². The Morgan fingerprint density at radius 3 is 2.76 bits per heavy atom. The summed E-state index contributed by atoms with van der Waals surface area (Å²) in [6.07, 6.45) is 3.32. The summed E-state index contributed by atoms with van der Waals surface area (Å²) in [7, 11) is -3.56. The van der Waals surface area contributed by atoms with E-state index < -0.39 is 10.0 Å². The standard InChI is InChI=1S/C14H17NO4S2/c1-10-14(7-13(9-16)20-10)21(17,18)15(11-4-5-11)8-12-3-2-6-19-12/h2-3,6-7,11,16H,4-5,8-9H2,1H3. The van der Waals surface area contributed by atoms with E-state index in [2.05, 4.69) is 0 Å². The van der Waals surface area contributed by atoms with E-state index in [1.807, 2.05) is 0 Å². The van der Waals surface area contributed by atoms with Crippen LogP contribution in [-0.4, -0.2) is 23.9 Å². The first-order valence-corrected chi connectivity index (χ1v) is 9.02. The molecule has 0 atom stereocenters. The van der Waals surface area contributed by atoms with Gasteiger partial charge in [0.25, 0.3) is 0 Å². The number of furan rings is 1. The molecule has 2 aromatic heterocycles. The highest BCUT2D eigenvalue weighted by atomic mass is 32.2. The normalized spacial score (nSPS) is 15.8. The molecule has 0 aromatic carbocycles. The minimum absolute atomic E-state index is 0.0528. The third kappa shape index (κ3) is 2.91. The molecule has 2 heterocycles. The molecule has 0 radical (unpaired) electrons. The Bertz CT molecular complexity index is 714. The first-order chi connectivity index (χ1) is 10.0. The number of aliphatic hydroxyl groups is 1. The SMILES string of the molecule is Cc1sc(CO)cc1S(=O)(=O)N(Cc1ccco1)C1CC1. The van der Waals surface area contributed by atoms with E-state index in [-0.39, 0.29) is 19.2 Å². The average molecular weight is 327 g/mol. The van der Waals surface area contributed by atoms with Crippen LogP contribution in [0.15, 0.2) is 33.8 Å². The van der Waals surface area contributed by atoms with Crippen molar-refractivity contribution in [3.8, 4) is 0 Å². The van der Waals surface area contributed by atoms with Crippen LogP contribution in [-0.2, 0) is 23.2 Å². The van der Waals surface area contributed by atoms with E-state index >= 15 is 0 Å². The molecule has 1 fully saturated rings. The third-order valence-corrected chi connectivity index (χ3v) is 6.70. The third-order valence-electron chi connectivity index (χ3n) is 3.51. The Morgan fingerprint density at radius 1 is 1.48 bits per heavy atom. The number of hydrogen-bond donors (Lipinski definition) is 1. The van der Waals surface area contributed by atoms with Crippen LogP contribution in [0.2, 0.25) is 0 Å². The smallest absolute Gasteiger partial charge is 0.244 e. The van der Waals surface area contributed by atoms with Crippen LogP contribution in [0, 0.1) is 6.92 Å². The van der Waals surface area contributed by atoms with Gasteiger partial charge < -0.3 is 9.52 Å². The largest absolute Gasteiger partial charge is 0.468 e. The quantitative estimate of drug-likeness (QED) is 0.885. The Kier molecular flexibility index (Phi) is 3.92. The molecule has 1 aliphatic rings. The monoisotopic (exact) mass is 327 g/mol. The van der Waals surface area contributed by atoms with Crippen LogP contribution >= 0.6 is 11.3 Å². The number of rotatable bonds is 6. The van der Waals surface area contributed by atoms with Gasteiger partial charge in [0.15, 0.2) is 0 Å². The lowest BCUT2D eigenvalue weighted by molar-refractivity contribution is 0.285. The van der Waals surface area contributed by atoms with Crippen LogP contribution in [0.3, 0.4) is 0 Å². The van der Waals surface area contributed by atoms with Gasteiger partial charge in [0, 0.05) is 15.8 Å². The van der Waals surface area contributed by atoms with Crippen molar-refractivity contribution >= 4 is 21.4 Å². The summed E-state index contributed by atoms with van der Waals surface area (Å²) in [5, 5.41) is 9.20. The number of aliphatic hydroxyl groups excluding tert-OH is 1. The number of aryl methyl sites for hydroxylation is 1. The van der Waals surface area contributed by atoms with Crippen LogP contribution in [0.5, 0.6) is 0 Å². The summed E-state index contributed by atoms with van der Waals surface area (Å²) < 4.78 is 32.6. The Morgan fingerprint density at radius 2 is 2.24 bits per heavy atom. The predicted molar refractivity (Wildman–Crippen MR) is 79.4 cm³/mol. The molecule has 0 unspecified atom stereocenters. The zero-order chi connectivity index (χ0) is 15.0. The van der Waals surface area contributed by atoms with Gasteiger partial charge in [-0.15, -0.1) is 11.3 Å². The molecule has 21 heavy (non-hydrogen) atoms. The van der Waals surface area contributed by atoms with Gasteiger partial charge in [-0.1, -0.05) is 0 Å². The van der Waals surface area contributed by atoms with Crippen LogP contribution < -0.4 is 0 Å². The fourth-order valence-electron chi connectivity index (χ4n) is 2.31.